The van der Waals surface area contributed by atoms with Gasteiger partial charge in [-0.15, -0.1) is 0 Å². The molecule has 1 heterocycles. The number of nitrogens with zero attached hydrogens (tertiary/aromatic N) is 2. The second-order valence-electron chi connectivity index (χ2n) is 6.65. The number of carbonyl (C=O) groups is 1. The van der Waals surface area contributed by atoms with Gasteiger partial charge in [0.15, 0.2) is 0 Å². The molecule has 1 atom stereocenters. The third-order valence-corrected chi connectivity index (χ3v) is 4.31. The first kappa shape index (κ1) is 18.9. The van der Waals surface area contributed by atoms with Crippen molar-refractivity contribution in [3.8, 4) is 0 Å². The molecule has 134 valence electrons. The summed E-state index contributed by atoms with van der Waals surface area (Å²) in [5.74, 6) is 0.164. The van der Waals surface area contributed by atoms with Crippen LogP contribution in [0.5, 0.6) is 0 Å². The molecule has 0 aliphatic carbocycles. The average Bonchev–Trinajstić information content (AvgIpc) is 2.85. The molecule has 0 aromatic heterocycles. The van der Waals surface area contributed by atoms with Crippen molar-refractivity contribution < 1.29 is 14.6 Å². The van der Waals surface area contributed by atoms with E-state index in [1.165, 1.54) is 12.8 Å². The summed E-state index contributed by atoms with van der Waals surface area (Å²) in [7, 11) is 1.87. The summed E-state index contributed by atoms with van der Waals surface area (Å²) in [6.07, 6.45) is 4.06. The molecule has 0 bridgehead atoms. The van der Waals surface area contributed by atoms with E-state index in [2.05, 4.69) is 0 Å². The van der Waals surface area contributed by atoms with Crippen LogP contribution < -0.4 is 0 Å². The minimum atomic E-state index is -0.587. The van der Waals surface area contributed by atoms with E-state index in [9.17, 15) is 9.90 Å². The van der Waals surface area contributed by atoms with E-state index in [-0.39, 0.29) is 12.5 Å². The standard InChI is InChI=1S/C19H30N2O3/c1-20(14-19(23)21-11-7-2-3-8-12-21)13-18(22)16-24-15-17-9-5-4-6-10-17/h4-6,9-10,18,22H,2-3,7-8,11-16H2,1H3/t18-/m1/s1. The number of rotatable bonds is 8. The van der Waals surface area contributed by atoms with Gasteiger partial charge in [-0.2, -0.15) is 0 Å². The molecule has 1 aliphatic rings. The van der Waals surface area contributed by atoms with E-state index < -0.39 is 6.10 Å². The molecule has 1 fully saturated rings. The van der Waals surface area contributed by atoms with Crippen LogP contribution in [0.4, 0.5) is 0 Å². The fourth-order valence-corrected chi connectivity index (χ4v) is 3.02. The number of likely N-dealkylation sites (tertiary alicyclic amines) is 1. The van der Waals surface area contributed by atoms with Crippen LogP contribution >= 0.6 is 0 Å². The van der Waals surface area contributed by atoms with Crippen molar-refractivity contribution in [3.05, 3.63) is 35.9 Å². The lowest BCUT2D eigenvalue weighted by Crippen LogP contribution is -2.42. The third kappa shape index (κ3) is 6.99. The number of aliphatic hydroxyl groups is 1. The average molecular weight is 334 g/mol. The van der Waals surface area contributed by atoms with Crippen molar-refractivity contribution in [2.75, 3.05) is 39.8 Å². The van der Waals surface area contributed by atoms with Crippen molar-refractivity contribution in [2.45, 2.75) is 38.4 Å². The Morgan fingerprint density at radius 1 is 1.21 bits per heavy atom. The number of ether oxygens (including phenoxy) is 1. The Hall–Kier alpha value is -1.43. The smallest absolute Gasteiger partial charge is 0.236 e. The largest absolute Gasteiger partial charge is 0.389 e. The van der Waals surface area contributed by atoms with Crippen molar-refractivity contribution in [1.82, 2.24) is 9.80 Å². The SMILES string of the molecule is CN(CC(=O)N1CCCCCC1)C[C@@H](O)COCc1ccccc1. The van der Waals surface area contributed by atoms with Crippen LogP contribution in [0.15, 0.2) is 30.3 Å². The summed E-state index contributed by atoms with van der Waals surface area (Å²) >= 11 is 0. The highest BCUT2D eigenvalue weighted by Crippen LogP contribution is 2.10. The highest BCUT2D eigenvalue weighted by Gasteiger charge is 2.18. The van der Waals surface area contributed by atoms with E-state index in [0.29, 0.717) is 19.7 Å². The Balaban J connectivity index is 1.63. The maximum Gasteiger partial charge on any atom is 0.236 e. The van der Waals surface area contributed by atoms with Gasteiger partial charge in [-0.25, -0.2) is 0 Å². The highest BCUT2D eigenvalue weighted by molar-refractivity contribution is 5.78. The van der Waals surface area contributed by atoms with Gasteiger partial charge in [0.2, 0.25) is 5.91 Å². The zero-order valence-corrected chi connectivity index (χ0v) is 14.7. The first-order valence-corrected chi connectivity index (χ1v) is 8.91. The first-order valence-electron chi connectivity index (χ1n) is 8.91. The Morgan fingerprint density at radius 2 is 1.88 bits per heavy atom. The normalized spacial score (nSPS) is 16.9. The Labute approximate surface area is 145 Å². The molecule has 0 saturated carbocycles. The number of hydrogen-bond donors (Lipinski definition) is 1. The fraction of sp³-hybridized carbons (Fsp3) is 0.632. The summed E-state index contributed by atoms with van der Waals surface area (Å²) in [6, 6.07) is 9.90. The van der Waals surface area contributed by atoms with E-state index in [0.717, 1.165) is 31.5 Å². The number of benzene rings is 1. The van der Waals surface area contributed by atoms with Gasteiger partial charge >= 0.3 is 0 Å². The topological polar surface area (TPSA) is 53.0 Å². The van der Waals surface area contributed by atoms with E-state index in [4.69, 9.17) is 4.74 Å². The molecule has 0 spiro atoms. The van der Waals surface area contributed by atoms with Gasteiger partial charge in [0.1, 0.15) is 0 Å². The number of aliphatic hydroxyl groups excluding tert-OH is 1. The number of amides is 1. The Morgan fingerprint density at radius 3 is 2.54 bits per heavy atom. The highest BCUT2D eigenvalue weighted by atomic mass is 16.5. The Bertz CT molecular complexity index is 473. The minimum Gasteiger partial charge on any atom is -0.389 e. The molecule has 1 aliphatic heterocycles. The molecule has 1 N–H and O–H groups in total. The molecule has 24 heavy (non-hydrogen) atoms. The van der Waals surface area contributed by atoms with Crippen LogP contribution in [-0.4, -0.2) is 66.8 Å². The molecular formula is C19H30N2O3. The van der Waals surface area contributed by atoms with Crippen LogP contribution in [0.25, 0.3) is 0 Å². The van der Waals surface area contributed by atoms with E-state index >= 15 is 0 Å². The molecule has 1 amide bonds. The summed E-state index contributed by atoms with van der Waals surface area (Å²) in [6.45, 7) is 3.31. The van der Waals surface area contributed by atoms with Crippen molar-refractivity contribution in [3.63, 3.8) is 0 Å². The lowest BCUT2D eigenvalue weighted by molar-refractivity contribution is -0.132. The second-order valence-corrected chi connectivity index (χ2v) is 6.65. The maximum absolute atomic E-state index is 12.3. The Kier molecular flexibility index (Phi) is 8.22. The zero-order chi connectivity index (χ0) is 17.2. The van der Waals surface area contributed by atoms with E-state index in [1.807, 2.05) is 47.2 Å². The summed E-state index contributed by atoms with van der Waals surface area (Å²) in [5.41, 5.74) is 1.09. The minimum absolute atomic E-state index is 0.164. The van der Waals surface area contributed by atoms with Crippen molar-refractivity contribution >= 4 is 5.91 Å². The van der Waals surface area contributed by atoms with Crippen LogP contribution in [0.1, 0.15) is 31.2 Å². The molecule has 1 aromatic carbocycles. The third-order valence-electron chi connectivity index (χ3n) is 4.31. The molecule has 0 unspecified atom stereocenters. The second kappa shape index (κ2) is 10.4. The van der Waals surface area contributed by atoms with Gasteiger partial charge in [0, 0.05) is 19.6 Å². The van der Waals surface area contributed by atoms with Gasteiger partial charge in [-0.05, 0) is 25.5 Å². The molecule has 0 radical (unpaired) electrons. The van der Waals surface area contributed by atoms with Crippen LogP contribution in [0.3, 0.4) is 0 Å². The summed E-state index contributed by atoms with van der Waals surface area (Å²) in [4.78, 5) is 16.2. The van der Waals surface area contributed by atoms with E-state index in [1.54, 1.807) is 0 Å². The van der Waals surface area contributed by atoms with Crippen molar-refractivity contribution in [2.24, 2.45) is 0 Å². The molecule has 5 heteroatoms. The van der Waals surface area contributed by atoms with Crippen molar-refractivity contribution in [1.29, 1.82) is 0 Å². The molecule has 1 saturated heterocycles. The predicted octanol–water partition coefficient (Wildman–Crippen LogP) is 1.90. The van der Waals surface area contributed by atoms with Crippen LogP contribution in [-0.2, 0) is 16.1 Å². The fourth-order valence-electron chi connectivity index (χ4n) is 3.02. The number of likely N-dealkylation sites (N-methyl/N-ethyl adjacent to an activating group) is 1. The molecular weight excluding hydrogens is 304 g/mol. The molecule has 1 aromatic rings. The lowest BCUT2D eigenvalue weighted by atomic mass is 10.2. The van der Waals surface area contributed by atoms with Crippen LogP contribution in [0.2, 0.25) is 0 Å². The summed E-state index contributed by atoms with van der Waals surface area (Å²) < 4.78 is 5.55. The van der Waals surface area contributed by atoms with Gasteiger partial charge in [0.05, 0.1) is 25.9 Å². The van der Waals surface area contributed by atoms with Gasteiger partial charge < -0.3 is 14.7 Å². The zero-order valence-electron chi connectivity index (χ0n) is 14.7. The molecule has 5 nitrogen and oxygen atoms in total. The summed E-state index contributed by atoms with van der Waals surface area (Å²) in [5, 5.41) is 10.1. The van der Waals surface area contributed by atoms with Gasteiger partial charge in [-0.3, -0.25) is 9.69 Å². The maximum atomic E-state index is 12.3. The monoisotopic (exact) mass is 334 g/mol. The first-order chi connectivity index (χ1) is 11.6. The van der Waals surface area contributed by atoms with Crippen LogP contribution in [0, 0.1) is 0 Å². The van der Waals surface area contributed by atoms with Gasteiger partial charge in [-0.1, -0.05) is 43.2 Å². The number of carbonyl (C=O) groups excluding carboxylic acids is 1. The molecule has 2 rings (SSSR count). The number of hydrogen-bond acceptors (Lipinski definition) is 4. The van der Waals surface area contributed by atoms with Gasteiger partial charge in [0.25, 0.3) is 0 Å². The lowest BCUT2D eigenvalue weighted by Gasteiger charge is -2.25. The predicted molar refractivity (Wildman–Crippen MR) is 94.6 cm³/mol. The quantitative estimate of drug-likeness (QED) is 0.789.